The van der Waals surface area contributed by atoms with E-state index in [1.807, 2.05) is 0 Å². The van der Waals surface area contributed by atoms with Crippen LogP contribution in [0.3, 0.4) is 0 Å². The van der Waals surface area contributed by atoms with Crippen molar-refractivity contribution in [1.29, 1.82) is 0 Å². The predicted octanol–water partition coefficient (Wildman–Crippen LogP) is 0.718. The minimum Gasteiger partial charge on any atom is -0.307 e. The van der Waals surface area contributed by atoms with Crippen molar-refractivity contribution >= 4 is 5.78 Å². The molecule has 1 N–H and O–H groups in total. The first-order valence-electron chi connectivity index (χ1n) is 4.12. The van der Waals surface area contributed by atoms with E-state index in [1.54, 1.807) is 0 Å². The van der Waals surface area contributed by atoms with Crippen molar-refractivity contribution in [2.75, 3.05) is 6.54 Å². The molecule has 10 heavy (non-hydrogen) atoms. The van der Waals surface area contributed by atoms with Gasteiger partial charge >= 0.3 is 0 Å². The molecule has 0 atom stereocenters. The molecule has 2 aliphatic carbocycles. The zero-order valence-corrected chi connectivity index (χ0v) is 6.10. The molecule has 0 bridgehead atoms. The monoisotopic (exact) mass is 139 g/mol. The van der Waals surface area contributed by atoms with Gasteiger partial charge in [0.15, 0.2) is 0 Å². The van der Waals surface area contributed by atoms with Gasteiger partial charge < -0.3 is 5.32 Å². The third kappa shape index (κ3) is 1.57. The zero-order valence-electron chi connectivity index (χ0n) is 6.10. The van der Waals surface area contributed by atoms with Crippen LogP contribution in [0.4, 0.5) is 0 Å². The number of carbonyl (C=O) groups is 1. The summed E-state index contributed by atoms with van der Waals surface area (Å²) in [7, 11) is 0. The van der Waals surface area contributed by atoms with Crippen molar-refractivity contribution in [2.24, 2.45) is 5.92 Å². The molecular formula is C8H13NO. The lowest BCUT2D eigenvalue weighted by molar-refractivity contribution is -0.119. The summed E-state index contributed by atoms with van der Waals surface area (Å²) in [6.07, 6.45) is 4.84. The van der Waals surface area contributed by atoms with Gasteiger partial charge in [-0.1, -0.05) is 0 Å². The minimum atomic E-state index is 0.436. The van der Waals surface area contributed by atoms with Crippen molar-refractivity contribution in [3.63, 3.8) is 0 Å². The third-order valence-electron chi connectivity index (χ3n) is 2.18. The second-order valence-electron chi connectivity index (χ2n) is 3.40. The highest BCUT2D eigenvalue weighted by Crippen LogP contribution is 2.29. The zero-order chi connectivity index (χ0) is 6.97. The van der Waals surface area contributed by atoms with Gasteiger partial charge in [-0.25, -0.2) is 0 Å². The Morgan fingerprint density at radius 1 is 1.30 bits per heavy atom. The Morgan fingerprint density at radius 3 is 2.50 bits per heavy atom. The average Bonchev–Trinajstić information content (AvgIpc) is 2.76. The lowest BCUT2D eigenvalue weighted by Gasteiger charge is -1.98. The van der Waals surface area contributed by atoms with Gasteiger partial charge in [0, 0.05) is 12.0 Å². The summed E-state index contributed by atoms with van der Waals surface area (Å²) in [5.74, 6) is 0.873. The van der Waals surface area contributed by atoms with Gasteiger partial charge in [0.1, 0.15) is 5.78 Å². The average molecular weight is 139 g/mol. The van der Waals surface area contributed by atoms with Crippen LogP contribution in [0.5, 0.6) is 0 Å². The molecule has 0 saturated heterocycles. The van der Waals surface area contributed by atoms with E-state index in [1.165, 1.54) is 12.8 Å². The standard InChI is InChI=1S/C8H13NO/c10-8(6-1-2-6)5-9-7-3-4-7/h6-7,9H,1-5H2. The molecule has 0 amide bonds. The lowest BCUT2D eigenvalue weighted by atomic mass is 10.2. The van der Waals surface area contributed by atoms with E-state index in [-0.39, 0.29) is 0 Å². The number of Topliss-reactive ketones (excluding diaryl/α,β-unsaturated/α-hetero) is 1. The highest BCUT2D eigenvalue weighted by atomic mass is 16.1. The number of nitrogens with one attached hydrogen (secondary N) is 1. The van der Waals surface area contributed by atoms with Crippen LogP contribution >= 0.6 is 0 Å². The smallest absolute Gasteiger partial charge is 0.149 e. The maximum atomic E-state index is 11.1. The molecule has 2 fully saturated rings. The fourth-order valence-electron chi connectivity index (χ4n) is 1.08. The maximum Gasteiger partial charge on any atom is 0.149 e. The molecule has 2 aliphatic rings. The summed E-state index contributed by atoms with van der Waals surface area (Å²) in [4.78, 5) is 11.1. The second kappa shape index (κ2) is 2.35. The van der Waals surface area contributed by atoms with Gasteiger partial charge in [-0.3, -0.25) is 4.79 Å². The summed E-state index contributed by atoms with van der Waals surface area (Å²) >= 11 is 0. The number of hydrogen-bond acceptors (Lipinski definition) is 2. The topological polar surface area (TPSA) is 29.1 Å². The first-order valence-corrected chi connectivity index (χ1v) is 4.12. The van der Waals surface area contributed by atoms with Crippen LogP contribution in [0, 0.1) is 5.92 Å². The van der Waals surface area contributed by atoms with Gasteiger partial charge in [0.05, 0.1) is 6.54 Å². The largest absolute Gasteiger partial charge is 0.307 e. The molecule has 2 nitrogen and oxygen atoms in total. The van der Waals surface area contributed by atoms with Gasteiger partial charge in [-0.15, -0.1) is 0 Å². The van der Waals surface area contributed by atoms with Crippen LogP contribution in [0.2, 0.25) is 0 Å². The Kier molecular flexibility index (Phi) is 1.49. The van der Waals surface area contributed by atoms with E-state index in [0.29, 0.717) is 24.3 Å². The molecule has 56 valence electrons. The quantitative estimate of drug-likeness (QED) is 0.621. The molecule has 2 saturated carbocycles. The first-order chi connectivity index (χ1) is 4.86. The summed E-state index contributed by atoms with van der Waals surface area (Å²) < 4.78 is 0. The van der Waals surface area contributed by atoms with Gasteiger partial charge in [-0.2, -0.15) is 0 Å². The van der Waals surface area contributed by atoms with Crippen LogP contribution in [-0.4, -0.2) is 18.4 Å². The molecule has 0 aliphatic heterocycles. The molecule has 0 unspecified atom stereocenters. The highest BCUT2D eigenvalue weighted by molar-refractivity contribution is 5.85. The summed E-state index contributed by atoms with van der Waals surface area (Å²) in [6.45, 7) is 0.634. The maximum absolute atomic E-state index is 11.1. The van der Waals surface area contributed by atoms with Crippen molar-refractivity contribution in [1.82, 2.24) is 5.32 Å². The number of hydrogen-bond donors (Lipinski definition) is 1. The van der Waals surface area contributed by atoms with E-state index in [4.69, 9.17) is 0 Å². The molecule has 2 rings (SSSR count). The summed E-state index contributed by atoms with van der Waals surface area (Å²) in [5, 5.41) is 3.23. The Balaban J connectivity index is 1.63. The Bertz CT molecular complexity index is 147. The molecular weight excluding hydrogens is 126 g/mol. The van der Waals surface area contributed by atoms with Crippen molar-refractivity contribution in [2.45, 2.75) is 31.7 Å². The lowest BCUT2D eigenvalue weighted by Crippen LogP contribution is -2.25. The van der Waals surface area contributed by atoms with E-state index < -0.39 is 0 Å². The molecule has 0 aromatic carbocycles. The number of ketones is 1. The molecule has 0 radical (unpaired) electrons. The van der Waals surface area contributed by atoms with Gasteiger partial charge in [-0.05, 0) is 25.7 Å². The number of rotatable bonds is 4. The third-order valence-corrected chi connectivity index (χ3v) is 2.18. The van der Waals surface area contributed by atoms with E-state index in [0.717, 1.165) is 12.8 Å². The van der Waals surface area contributed by atoms with E-state index in [2.05, 4.69) is 5.32 Å². The van der Waals surface area contributed by atoms with E-state index in [9.17, 15) is 4.79 Å². The minimum absolute atomic E-state index is 0.436. The Labute approximate surface area is 61.0 Å². The molecule has 2 heteroatoms. The van der Waals surface area contributed by atoms with Crippen molar-refractivity contribution in [3.05, 3.63) is 0 Å². The van der Waals surface area contributed by atoms with Gasteiger partial charge in [0.2, 0.25) is 0 Å². The molecule has 0 aromatic heterocycles. The fourth-order valence-corrected chi connectivity index (χ4v) is 1.08. The van der Waals surface area contributed by atoms with Crippen LogP contribution < -0.4 is 5.32 Å². The first kappa shape index (κ1) is 6.35. The summed E-state index contributed by atoms with van der Waals surface area (Å²) in [6, 6.07) is 0.683. The molecule has 0 aromatic rings. The normalized spacial score (nSPS) is 24.8. The molecule has 0 heterocycles. The Hall–Kier alpha value is -0.370. The van der Waals surface area contributed by atoms with E-state index >= 15 is 0 Å². The van der Waals surface area contributed by atoms with Crippen LogP contribution in [0.1, 0.15) is 25.7 Å². The van der Waals surface area contributed by atoms with Crippen LogP contribution in [0.25, 0.3) is 0 Å². The fraction of sp³-hybridized carbons (Fsp3) is 0.875. The second-order valence-corrected chi connectivity index (χ2v) is 3.40. The predicted molar refractivity (Wildman–Crippen MR) is 38.8 cm³/mol. The Morgan fingerprint density at radius 2 is 2.00 bits per heavy atom. The van der Waals surface area contributed by atoms with Crippen LogP contribution in [-0.2, 0) is 4.79 Å². The SMILES string of the molecule is O=C(CNC1CC1)C1CC1. The summed E-state index contributed by atoms with van der Waals surface area (Å²) in [5.41, 5.74) is 0. The van der Waals surface area contributed by atoms with Crippen molar-refractivity contribution in [3.8, 4) is 0 Å². The highest BCUT2D eigenvalue weighted by Gasteiger charge is 2.30. The number of carbonyl (C=O) groups excluding carboxylic acids is 1. The van der Waals surface area contributed by atoms with Gasteiger partial charge in [0.25, 0.3) is 0 Å². The van der Waals surface area contributed by atoms with Crippen molar-refractivity contribution < 1.29 is 4.79 Å². The molecule has 0 spiro atoms. The van der Waals surface area contributed by atoms with Crippen LogP contribution in [0.15, 0.2) is 0 Å².